The molecule has 0 radical (unpaired) electrons. The van der Waals surface area contributed by atoms with Crippen LogP contribution < -0.4 is 0 Å². The molecular formula is C23H19ClN4OS. The van der Waals surface area contributed by atoms with E-state index >= 15 is 0 Å². The highest BCUT2D eigenvalue weighted by molar-refractivity contribution is 8.04. The third kappa shape index (κ3) is 3.50. The van der Waals surface area contributed by atoms with Crippen molar-refractivity contribution in [1.82, 2.24) is 14.8 Å². The Labute approximate surface area is 183 Å². The van der Waals surface area contributed by atoms with Crippen molar-refractivity contribution in [3.63, 3.8) is 0 Å². The summed E-state index contributed by atoms with van der Waals surface area (Å²) in [5.41, 5.74) is 2.58. The van der Waals surface area contributed by atoms with Gasteiger partial charge in [-0.15, -0.1) is 16.8 Å². The zero-order valence-electron chi connectivity index (χ0n) is 16.2. The molecule has 2 aliphatic carbocycles. The van der Waals surface area contributed by atoms with Crippen LogP contribution in [0.15, 0.2) is 81.3 Å². The topological polar surface area (TPSA) is 60.1 Å². The Morgan fingerprint density at radius 3 is 2.73 bits per heavy atom. The minimum Gasteiger partial charge on any atom is -0.302 e. The van der Waals surface area contributed by atoms with Gasteiger partial charge >= 0.3 is 0 Å². The van der Waals surface area contributed by atoms with E-state index < -0.39 is 0 Å². The van der Waals surface area contributed by atoms with Gasteiger partial charge in [0.1, 0.15) is 5.82 Å². The first kappa shape index (κ1) is 19.3. The number of rotatable bonds is 6. The molecule has 2 aromatic rings. The normalized spacial score (nSPS) is 20.7. The van der Waals surface area contributed by atoms with Crippen molar-refractivity contribution in [2.24, 2.45) is 10.9 Å². The Morgan fingerprint density at radius 1 is 1.20 bits per heavy atom. The third-order valence-corrected chi connectivity index (χ3v) is 6.65. The highest BCUT2D eigenvalue weighted by Crippen LogP contribution is 2.44. The van der Waals surface area contributed by atoms with Crippen LogP contribution in [-0.4, -0.2) is 26.4 Å². The van der Waals surface area contributed by atoms with E-state index in [1.165, 1.54) is 11.8 Å². The second-order valence-electron chi connectivity index (χ2n) is 7.43. The molecule has 1 aromatic carbocycles. The van der Waals surface area contributed by atoms with Crippen LogP contribution in [0.4, 0.5) is 0 Å². The highest BCUT2D eigenvalue weighted by Gasteiger charge is 2.35. The standard InChI is InChI=1S/C23H19ClN4OS/c1-2-12-28-21(15-8-9-15)26-27-23(28)30-20-19(14-6-4-3-5-7-14)17-13-16(24)10-11-18(17)25-22(20)29/h2-7,10-11,13,15,17H,1,8-9,12H2. The molecular weight excluding hydrogens is 416 g/mol. The third-order valence-electron chi connectivity index (χ3n) is 5.32. The van der Waals surface area contributed by atoms with Gasteiger partial charge in [-0.05, 0) is 47.9 Å². The summed E-state index contributed by atoms with van der Waals surface area (Å²) in [6, 6.07) is 9.92. The maximum Gasteiger partial charge on any atom is 0.284 e. The van der Waals surface area contributed by atoms with Gasteiger partial charge in [0.05, 0.1) is 10.6 Å². The number of dihydropyridines is 1. The van der Waals surface area contributed by atoms with Crippen LogP contribution in [0.25, 0.3) is 5.57 Å². The van der Waals surface area contributed by atoms with Gasteiger partial charge < -0.3 is 4.57 Å². The molecule has 2 heterocycles. The molecule has 0 bridgehead atoms. The summed E-state index contributed by atoms with van der Waals surface area (Å²) in [7, 11) is 0. The summed E-state index contributed by atoms with van der Waals surface area (Å²) in [4.78, 5) is 18.0. The number of nitrogens with zero attached hydrogens (tertiary/aromatic N) is 4. The van der Waals surface area contributed by atoms with Crippen molar-refractivity contribution in [2.75, 3.05) is 0 Å². The Kier molecular flexibility index (Phi) is 5.05. The van der Waals surface area contributed by atoms with Crippen molar-refractivity contribution in [1.29, 1.82) is 0 Å². The molecule has 1 atom stereocenters. The lowest BCUT2D eigenvalue weighted by Crippen LogP contribution is -2.24. The average Bonchev–Trinajstić information content (AvgIpc) is 3.52. The minimum absolute atomic E-state index is 0.177. The van der Waals surface area contributed by atoms with E-state index in [9.17, 15) is 4.79 Å². The Balaban J connectivity index is 1.63. The van der Waals surface area contributed by atoms with Crippen molar-refractivity contribution >= 4 is 40.6 Å². The summed E-state index contributed by atoms with van der Waals surface area (Å²) >= 11 is 7.65. The van der Waals surface area contributed by atoms with Gasteiger partial charge in [-0.1, -0.05) is 54.1 Å². The first-order valence-corrected chi connectivity index (χ1v) is 11.0. The number of benzene rings is 1. The Morgan fingerprint density at radius 2 is 2.00 bits per heavy atom. The molecule has 5 rings (SSSR count). The van der Waals surface area contributed by atoms with Crippen LogP contribution >= 0.6 is 23.4 Å². The number of carbonyl (C=O) groups excluding carboxylic acids is 1. The fourth-order valence-corrected chi connectivity index (χ4v) is 4.99. The van der Waals surface area contributed by atoms with Crippen molar-refractivity contribution in [3.8, 4) is 0 Å². The number of thioether (sulfide) groups is 1. The molecule has 7 heteroatoms. The smallest absolute Gasteiger partial charge is 0.284 e. The van der Waals surface area contributed by atoms with Crippen LogP contribution in [0, 0.1) is 5.92 Å². The number of hydrogen-bond donors (Lipinski definition) is 0. The predicted octanol–water partition coefficient (Wildman–Crippen LogP) is 5.13. The van der Waals surface area contributed by atoms with Gasteiger partial charge in [-0.25, -0.2) is 4.99 Å². The molecule has 3 aliphatic rings. The maximum atomic E-state index is 13.1. The van der Waals surface area contributed by atoms with Gasteiger partial charge in [0.15, 0.2) is 5.16 Å². The number of carbonyl (C=O) groups is 1. The van der Waals surface area contributed by atoms with Crippen LogP contribution in [0.3, 0.4) is 0 Å². The number of fused-ring (bicyclic) bond motifs is 1. The van der Waals surface area contributed by atoms with Crippen molar-refractivity contribution in [2.45, 2.75) is 30.5 Å². The molecule has 0 N–H and O–H groups in total. The first-order valence-electron chi connectivity index (χ1n) is 9.85. The monoisotopic (exact) mass is 434 g/mol. The lowest BCUT2D eigenvalue weighted by Gasteiger charge is -2.26. The van der Waals surface area contributed by atoms with Crippen LogP contribution in [-0.2, 0) is 11.3 Å². The van der Waals surface area contributed by atoms with Gasteiger partial charge in [-0.3, -0.25) is 4.79 Å². The summed E-state index contributed by atoms with van der Waals surface area (Å²) in [5, 5.41) is 10.1. The number of hydrogen-bond acceptors (Lipinski definition) is 4. The number of allylic oxidation sites excluding steroid dienone is 6. The molecule has 1 aliphatic heterocycles. The number of aliphatic imine (C=N–C) groups is 1. The lowest BCUT2D eigenvalue weighted by molar-refractivity contribution is -0.113. The van der Waals surface area contributed by atoms with Crippen LogP contribution in [0.5, 0.6) is 0 Å². The zero-order chi connectivity index (χ0) is 20.7. The Hall–Kier alpha value is -2.70. The molecule has 1 fully saturated rings. The SMILES string of the molecule is C=CCn1c(SC2=C(c3ccccc3)C3C=C(Cl)C=CC3=NC2=O)nnc1C1CC1. The van der Waals surface area contributed by atoms with E-state index in [4.69, 9.17) is 11.6 Å². The van der Waals surface area contributed by atoms with E-state index in [-0.39, 0.29) is 11.8 Å². The van der Waals surface area contributed by atoms with Crippen LogP contribution in [0.2, 0.25) is 0 Å². The first-order chi connectivity index (χ1) is 14.7. The molecule has 150 valence electrons. The zero-order valence-corrected chi connectivity index (χ0v) is 17.7. The summed E-state index contributed by atoms with van der Waals surface area (Å²) in [6.07, 6.45) is 9.62. The molecule has 5 nitrogen and oxygen atoms in total. The molecule has 30 heavy (non-hydrogen) atoms. The van der Waals surface area contributed by atoms with Gasteiger partial charge in [0.2, 0.25) is 0 Å². The number of aromatic nitrogens is 3. The number of amides is 1. The Bertz CT molecular complexity index is 1160. The van der Waals surface area contributed by atoms with E-state index in [0.717, 1.165) is 29.8 Å². The summed E-state index contributed by atoms with van der Waals surface area (Å²) in [5.74, 6) is 0.979. The molecule has 1 unspecified atom stereocenters. The van der Waals surface area contributed by atoms with Gasteiger partial charge in [0.25, 0.3) is 5.91 Å². The fourth-order valence-electron chi connectivity index (χ4n) is 3.77. The van der Waals surface area contributed by atoms with E-state index in [2.05, 4.69) is 26.3 Å². The fraction of sp³-hybridized carbons (Fsp3) is 0.217. The molecule has 0 saturated heterocycles. The summed E-state index contributed by atoms with van der Waals surface area (Å²) in [6.45, 7) is 4.47. The molecule has 1 amide bonds. The molecule has 1 saturated carbocycles. The highest BCUT2D eigenvalue weighted by atomic mass is 35.5. The summed E-state index contributed by atoms with van der Waals surface area (Å²) < 4.78 is 2.06. The van der Waals surface area contributed by atoms with E-state index in [1.807, 2.05) is 48.6 Å². The van der Waals surface area contributed by atoms with Gasteiger partial charge in [0, 0.05) is 23.4 Å². The van der Waals surface area contributed by atoms with E-state index in [0.29, 0.717) is 33.3 Å². The average molecular weight is 435 g/mol. The maximum absolute atomic E-state index is 13.1. The predicted molar refractivity (Wildman–Crippen MR) is 120 cm³/mol. The van der Waals surface area contributed by atoms with Crippen molar-refractivity contribution in [3.05, 3.63) is 82.5 Å². The minimum atomic E-state index is -0.262. The second-order valence-corrected chi connectivity index (χ2v) is 8.84. The largest absolute Gasteiger partial charge is 0.302 e. The quantitative estimate of drug-likeness (QED) is 0.591. The molecule has 1 aromatic heterocycles. The van der Waals surface area contributed by atoms with Crippen molar-refractivity contribution < 1.29 is 4.79 Å². The van der Waals surface area contributed by atoms with Crippen LogP contribution in [0.1, 0.15) is 30.1 Å². The second kappa shape index (κ2) is 7.85. The number of halogens is 1. The van der Waals surface area contributed by atoms with Gasteiger partial charge in [-0.2, -0.15) is 0 Å². The lowest BCUT2D eigenvalue weighted by atomic mass is 9.84. The van der Waals surface area contributed by atoms with E-state index in [1.54, 1.807) is 6.08 Å². The molecule has 0 spiro atoms.